The van der Waals surface area contributed by atoms with Crippen LogP contribution < -0.4 is 15.4 Å². The van der Waals surface area contributed by atoms with Gasteiger partial charge < -0.3 is 15.4 Å². The molecule has 6 rings (SSSR count). The van der Waals surface area contributed by atoms with Crippen LogP contribution in [-0.4, -0.2) is 41.5 Å². The molecule has 4 aromatic heterocycles. The molecule has 0 aliphatic heterocycles. The molecular formula is C29H28N8O2. The van der Waals surface area contributed by atoms with Gasteiger partial charge in [0, 0.05) is 35.6 Å². The Balaban J connectivity index is 1.21. The van der Waals surface area contributed by atoms with Crippen LogP contribution in [0.25, 0.3) is 16.7 Å². The molecule has 10 heteroatoms. The molecule has 1 amide bonds. The Bertz CT molecular complexity index is 1680. The Labute approximate surface area is 225 Å². The fraction of sp³-hybridized carbons (Fsp3) is 0.241. The Hall–Kier alpha value is -4.86. The van der Waals surface area contributed by atoms with Gasteiger partial charge in [0.15, 0.2) is 11.5 Å². The van der Waals surface area contributed by atoms with Crippen LogP contribution in [0.3, 0.4) is 0 Å². The maximum absolute atomic E-state index is 11.8. The number of fused-ring (bicyclic) bond motifs is 2. The highest BCUT2D eigenvalue weighted by Gasteiger charge is 2.25. The minimum absolute atomic E-state index is 0.123. The lowest BCUT2D eigenvalue weighted by Gasteiger charge is -2.29. The smallest absolute Gasteiger partial charge is 0.243 e. The zero-order valence-corrected chi connectivity index (χ0v) is 21.5. The number of nitrogens with one attached hydrogen (secondary N) is 2. The van der Waals surface area contributed by atoms with Crippen LogP contribution in [0, 0.1) is 6.92 Å². The monoisotopic (exact) mass is 520 g/mol. The van der Waals surface area contributed by atoms with Crippen molar-refractivity contribution >= 4 is 34.1 Å². The maximum atomic E-state index is 11.8. The van der Waals surface area contributed by atoms with E-state index >= 15 is 0 Å². The number of ether oxygens (including phenoxy) is 1. The van der Waals surface area contributed by atoms with Crippen molar-refractivity contribution < 1.29 is 9.53 Å². The first-order valence-corrected chi connectivity index (χ1v) is 13.0. The molecule has 1 aliphatic carbocycles. The molecule has 0 saturated heterocycles. The normalized spacial score (nSPS) is 17.2. The summed E-state index contributed by atoms with van der Waals surface area (Å²) in [7, 11) is 0. The third kappa shape index (κ3) is 5.26. The van der Waals surface area contributed by atoms with Crippen LogP contribution in [0.4, 0.5) is 11.5 Å². The number of nitrogens with zero attached hydrogens (tertiary/aromatic N) is 6. The van der Waals surface area contributed by atoms with E-state index in [0.29, 0.717) is 17.1 Å². The van der Waals surface area contributed by atoms with Gasteiger partial charge in [-0.3, -0.25) is 4.79 Å². The van der Waals surface area contributed by atoms with Crippen LogP contribution in [0.1, 0.15) is 42.9 Å². The number of aryl methyl sites for hydroxylation is 1. The second-order valence-corrected chi connectivity index (χ2v) is 9.73. The van der Waals surface area contributed by atoms with E-state index in [9.17, 15) is 4.79 Å². The van der Waals surface area contributed by atoms with Crippen molar-refractivity contribution in [1.82, 2.24) is 34.9 Å². The summed E-state index contributed by atoms with van der Waals surface area (Å²) >= 11 is 0. The maximum Gasteiger partial charge on any atom is 0.243 e. The average molecular weight is 521 g/mol. The van der Waals surface area contributed by atoms with Gasteiger partial charge in [0.25, 0.3) is 0 Å². The zero-order chi connectivity index (χ0) is 26.8. The lowest BCUT2D eigenvalue weighted by molar-refractivity contribution is -0.117. The van der Waals surface area contributed by atoms with Crippen LogP contribution in [0.2, 0.25) is 0 Å². The van der Waals surface area contributed by atoms with Crippen molar-refractivity contribution in [3.05, 3.63) is 85.2 Å². The second-order valence-electron chi connectivity index (χ2n) is 9.73. The molecule has 0 radical (unpaired) electrons. The number of hydrogen-bond acceptors (Lipinski definition) is 8. The minimum atomic E-state index is -0.130. The lowest BCUT2D eigenvalue weighted by atomic mass is 9.83. The van der Waals surface area contributed by atoms with E-state index in [0.717, 1.165) is 59.5 Å². The number of amides is 1. The number of aromatic nitrogens is 6. The molecule has 5 aromatic rings. The molecular weight excluding hydrogens is 492 g/mol. The molecule has 1 fully saturated rings. The summed E-state index contributed by atoms with van der Waals surface area (Å²) in [6, 6.07) is 13.7. The SMILES string of the molecule is C=CC(=O)N[C@@H]1CCCC(c2ccc3ncnc(Nc4ccc(Oc5ccn6ncnc6c5)c(C)c4)c3n2)C1. The molecule has 39 heavy (non-hydrogen) atoms. The van der Waals surface area contributed by atoms with E-state index in [-0.39, 0.29) is 17.9 Å². The first-order chi connectivity index (χ1) is 19.1. The molecule has 2 N–H and O–H groups in total. The number of anilines is 2. The fourth-order valence-electron chi connectivity index (χ4n) is 5.09. The first-order valence-electron chi connectivity index (χ1n) is 13.0. The van der Waals surface area contributed by atoms with Crippen molar-refractivity contribution in [3.8, 4) is 11.5 Å². The molecule has 1 aliphatic rings. The lowest BCUT2D eigenvalue weighted by Crippen LogP contribution is -2.37. The molecule has 1 aromatic carbocycles. The van der Waals surface area contributed by atoms with Crippen LogP contribution in [0.5, 0.6) is 11.5 Å². The Morgan fingerprint density at radius 3 is 2.90 bits per heavy atom. The molecule has 0 bridgehead atoms. The van der Waals surface area contributed by atoms with Crippen molar-refractivity contribution in [1.29, 1.82) is 0 Å². The third-order valence-electron chi connectivity index (χ3n) is 7.05. The standard InChI is InChI=1S/C29H28N8O2/c1-3-27(38)34-20-6-4-5-19(14-20)23-8-9-24-28(36-23)29(32-16-30-24)35-21-7-10-25(18(2)13-21)39-22-11-12-37-26(15-22)31-17-33-37/h3,7-13,15-17,19-20H,1,4-6,14H2,2H3,(H,34,38)(H,30,32,35)/t19?,20-/m1/s1. The van der Waals surface area contributed by atoms with Gasteiger partial charge in [-0.25, -0.2) is 24.5 Å². The predicted octanol–water partition coefficient (Wildman–Crippen LogP) is 5.24. The molecule has 4 heterocycles. The van der Waals surface area contributed by atoms with Crippen LogP contribution in [-0.2, 0) is 4.79 Å². The number of rotatable bonds is 7. The molecule has 0 spiro atoms. The number of pyridine rings is 2. The Morgan fingerprint density at radius 1 is 1.10 bits per heavy atom. The fourth-order valence-corrected chi connectivity index (χ4v) is 5.09. The van der Waals surface area contributed by atoms with Gasteiger partial charge >= 0.3 is 0 Å². The van der Waals surface area contributed by atoms with E-state index in [4.69, 9.17) is 9.72 Å². The van der Waals surface area contributed by atoms with Gasteiger partial charge in [0.05, 0.1) is 5.52 Å². The van der Waals surface area contributed by atoms with E-state index in [1.165, 1.54) is 12.4 Å². The molecule has 10 nitrogen and oxygen atoms in total. The van der Waals surface area contributed by atoms with E-state index in [2.05, 4.69) is 37.3 Å². The largest absolute Gasteiger partial charge is 0.457 e. The summed E-state index contributed by atoms with van der Waals surface area (Å²) in [5, 5.41) is 10.6. The van der Waals surface area contributed by atoms with Gasteiger partial charge in [-0.2, -0.15) is 5.10 Å². The number of carbonyl (C=O) groups is 1. The van der Waals surface area contributed by atoms with Gasteiger partial charge in [-0.15, -0.1) is 0 Å². The zero-order valence-electron chi connectivity index (χ0n) is 21.5. The number of benzene rings is 1. The van der Waals surface area contributed by atoms with E-state index in [1.807, 2.05) is 55.6 Å². The summed E-state index contributed by atoms with van der Waals surface area (Å²) in [6.45, 7) is 5.56. The van der Waals surface area contributed by atoms with Gasteiger partial charge in [0.1, 0.15) is 29.7 Å². The highest BCUT2D eigenvalue weighted by molar-refractivity contribution is 5.87. The Morgan fingerprint density at radius 2 is 2.03 bits per heavy atom. The van der Waals surface area contributed by atoms with Gasteiger partial charge in [-0.1, -0.05) is 13.0 Å². The highest BCUT2D eigenvalue weighted by Crippen LogP contribution is 2.34. The summed E-state index contributed by atoms with van der Waals surface area (Å²) in [6.07, 6.45) is 10.1. The summed E-state index contributed by atoms with van der Waals surface area (Å²) < 4.78 is 7.79. The Kier molecular flexibility index (Phi) is 6.58. The average Bonchev–Trinajstić information content (AvgIpc) is 3.43. The van der Waals surface area contributed by atoms with Crippen molar-refractivity contribution in [2.75, 3.05) is 5.32 Å². The number of carbonyl (C=O) groups excluding carboxylic acids is 1. The van der Waals surface area contributed by atoms with Crippen molar-refractivity contribution in [2.24, 2.45) is 0 Å². The van der Waals surface area contributed by atoms with Crippen molar-refractivity contribution in [2.45, 2.75) is 44.6 Å². The first kappa shape index (κ1) is 24.5. The molecule has 1 saturated carbocycles. The predicted molar refractivity (Wildman–Crippen MR) is 148 cm³/mol. The minimum Gasteiger partial charge on any atom is -0.457 e. The third-order valence-corrected chi connectivity index (χ3v) is 7.05. The summed E-state index contributed by atoms with van der Waals surface area (Å²) in [4.78, 5) is 29.9. The topological polar surface area (TPSA) is 119 Å². The molecule has 2 atom stereocenters. The van der Waals surface area contributed by atoms with Crippen LogP contribution >= 0.6 is 0 Å². The van der Waals surface area contributed by atoms with Crippen LogP contribution in [0.15, 0.2) is 74.0 Å². The van der Waals surface area contributed by atoms with Crippen molar-refractivity contribution in [3.63, 3.8) is 0 Å². The molecule has 196 valence electrons. The quantitative estimate of drug-likeness (QED) is 0.280. The summed E-state index contributed by atoms with van der Waals surface area (Å²) in [5.41, 5.74) is 5.02. The van der Waals surface area contributed by atoms with Gasteiger partial charge in [-0.05, 0) is 74.2 Å². The van der Waals surface area contributed by atoms with E-state index < -0.39 is 0 Å². The molecule has 1 unspecified atom stereocenters. The van der Waals surface area contributed by atoms with Gasteiger partial charge in [0.2, 0.25) is 5.91 Å². The second kappa shape index (κ2) is 10.5. The van der Waals surface area contributed by atoms with E-state index in [1.54, 1.807) is 10.8 Å². The summed E-state index contributed by atoms with van der Waals surface area (Å²) in [5.74, 6) is 2.19. The highest BCUT2D eigenvalue weighted by atomic mass is 16.5. The number of hydrogen-bond donors (Lipinski definition) is 2.